The Morgan fingerprint density at radius 3 is 1.92 bits per heavy atom. The van der Waals surface area contributed by atoms with E-state index in [1.54, 1.807) is 24.3 Å². The average Bonchev–Trinajstić information content (AvgIpc) is 2.59. The molecule has 0 amide bonds. The monoisotopic (exact) mass is 350 g/mol. The molecule has 1 aliphatic carbocycles. The lowest BCUT2D eigenvalue weighted by atomic mass is 9.63. The molecule has 0 N–H and O–H groups in total. The van der Waals surface area contributed by atoms with Crippen LogP contribution < -0.4 is 4.74 Å². The minimum atomic E-state index is -0.373. The van der Waals surface area contributed by atoms with Crippen molar-refractivity contribution in [3.05, 3.63) is 64.7 Å². The molecule has 0 radical (unpaired) electrons. The summed E-state index contributed by atoms with van der Waals surface area (Å²) in [5, 5.41) is 0. The Kier molecular flexibility index (Phi) is 4.51. The van der Waals surface area contributed by atoms with Crippen molar-refractivity contribution in [2.45, 2.75) is 58.3 Å². The number of rotatable bonds is 3. The van der Waals surface area contributed by atoms with Crippen molar-refractivity contribution in [3.63, 3.8) is 0 Å². The highest BCUT2D eigenvalue weighted by Gasteiger charge is 2.37. The normalized spacial score (nSPS) is 17.3. The van der Waals surface area contributed by atoms with Gasteiger partial charge in [-0.05, 0) is 78.1 Å². The molecule has 0 saturated carbocycles. The second-order valence-electron chi connectivity index (χ2n) is 8.50. The van der Waals surface area contributed by atoms with Gasteiger partial charge in [0.2, 0.25) is 0 Å². The summed E-state index contributed by atoms with van der Waals surface area (Å²) in [6.07, 6.45) is 2.23. The van der Waals surface area contributed by atoms with Gasteiger partial charge < -0.3 is 4.74 Å². The zero-order valence-electron chi connectivity index (χ0n) is 16.2. The lowest BCUT2D eigenvalue weighted by Gasteiger charge is -2.41. The summed E-state index contributed by atoms with van der Waals surface area (Å²) < 4.78 is 5.50. The van der Waals surface area contributed by atoms with Gasteiger partial charge in [-0.2, -0.15) is 0 Å². The fourth-order valence-electron chi connectivity index (χ4n) is 3.64. The highest BCUT2D eigenvalue weighted by Crippen LogP contribution is 2.45. The molecule has 0 fully saturated rings. The Balaban J connectivity index is 1.88. The number of carbonyl (C=O) groups is 2. The lowest BCUT2D eigenvalue weighted by molar-refractivity contribution is 0.0734. The number of esters is 1. The van der Waals surface area contributed by atoms with Gasteiger partial charge in [-0.25, -0.2) is 4.79 Å². The fraction of sp³-hybridized carbons (Fsp3) is 0.391. The average molecular weight is 350 g/mol. The quantitative estimate of drug-likeness (QED) is 0.419. The van der Waals surface area contributed by atoms with Gasteiger partial charge in [0.15, 0.2) is 5.78 Å². The van der Waals surface area contributed by atoms with E-state index in [2.05, 4.69) is 33.8 Å². The van der Waals surface area contributed by atoms with Crippen molar-refractivity contribution >= 4 is 11.8 Å². The van der Waals surface area contributed by atoms with Crippen LogP contribution in [0.4, 0.5) is 0 Å². The van der Waals surface area contributed by atoms with E-state index < -0.39 is 0 Å². The third-order valence-electron chi connectivity index (χ3n) is 5.56. The predicted molar refractivity (Wildman–Crippen MR) is 103 cm³/mol. The van der Waals surface area contributed by atoms with Crippen molar-refractivity contribution in [2.75, 3.05) is 0 Å². The van der Waals surface area contributed by atoms with E-state index in [0.717, 1.165) is 12.8 Å². The zero-order chi connectivity index (χ0) is 19.1. The van der Waals surface area contributed by atoms with Crippen molar-refractivity contribution in [3.8, 4) is 5.75 Å². The van der Waals surface area contributed by atoms with E-state index in [4.69, 9.17) is 4.74 Å². The summed E-state index contributed by atoms with van der Waals surface area (Å²) >= 11 is 0. The Morgan fingerprint density at radius 1 is 0.808 bits per heavy atom. The molecule has 2 aromatic carbocycles. The van der Waals surface area contributed by atoms with Crippen LogP contribution in [0.3, 0.4) is 0 Å². The van der Waals surface area contributed by atoms with Crippen molar-refractivity contribution in [1.29, 1.82) is 0 Å². The van der Waals surface area contributed by atoms with Crippen LogP contribution in [-0.4, -0.2) is 11.8 Å². The molecule has 2 aromatic rings. The molecule has 0 spiro atoms. The molecule has 0 saturated heterocycles. The molecule has 3 heteroatoms. The number of hydrogen-bond donors (Lipinski definition) is 0. The second kappa shape index (κ2) is 6.39. The van der Waals surface area contributed by atoms with E-state index in [-0.39, 0.29) is 22.6 Å². The molecule has 0 atom stereocenters. The number of ketones is 1. The van der Waals surface area contributed by atoms with Crippen LogP contribution in [0.5, 0.6) is 5.75 Å². The molecular formula is C23H26O3. The summed E-state index contributed by atoms with van der Waals surface area (Å²) in [6, 6.07) is 12.6. The van der Waals surface area contributed by atoms with Gasteiger partial charge in [0.05, 0.1) is 5.56 Å². The van der Waals surface area contributed by atoms with Gasteiger partial charge in [-0.1, -0.05) is 33.8 Å². The van der Waals surface area contributed by atoms with E-state index in [0.29, 0.717) is 16.9 Å². The molecule has 0 aliphatic heterocycles. The minimum absolute atomic E-state index is 0.0117. The molecule has 0 heterocycles. The smallest absolute Gasteiger partial charge is 0.343 e. The Bertz CT molecular complexity index is 858. The molecule has 26 heavy (non-hydrogen) atoms. The number of Topliss-reactive ketones (excluding diaryl/α,β-unsaturated/α-hetero) is 1. The Morgan fingerprint density at radius 2 is 1.35 bits per heavy atom. The summed E-state index contributed by atoms with van der Waals surface area (Å²) in [4.78, 5) is 23.9. The molecule has 3 nitrogen and oxygen atoms in total. The van der Waals surface area contributed by atoms with Gasteiger partial charge in [0.25, 0.3) is 0 Å². The summed E-state index contributed by atoms with van der Waals surface area (Å²) in [6.45, 7) is 10.5. The van der Waals surface area contributed by atoms with Crippen molar-refractivity contribution in [1.82, 2.24) is 0 Å². The Hall–Kier alpha value is -2.42. The van der Waals surface area contributed by atoms with E-state index >= 15 is 0 Å². The first-order valence-corrected chi connectivity index (χ1v) is 9.08. The number of benzene rings is 2. The largest absolute Gasteiger partial charge is 0.423 e. The van der Waals surface area contributed by atoms with Crippen LogP contribution in [0.25, 0.3) is 0 Å². The first-order valence-electron chi connectivity index (χ1n) is 9.08. The zero-order valence-corrected chi connectivity index (χ0v) is 16.2. The molecule has 136 valence electrons. The van der Waals surface area contributed by atoms with Crippen molar-refractivity contribution < 1.29 is 14.3 Å². The molecule has 0 aromatic heterocycles. The molecular weight excluding hydrogens is 324 g/mol. The topological polar surface area (TPSA) is 43.4 Å². The van der Waals surface area contributed by atoms with Crippen molar-refractivity contribution in [2.24, 2.45) is 0 Å². The highest BCUT2D eigenvalue weighted by atomic mass is 16.5. The maximum Gasteiger partial charge on any atom is 0.343 e. The first-order chi connectivity index (χ1) is 12.1. The van der Waals surface area contributed by atoms with Crippen LogP contribution in [-0.2, 0) is 10.8 Å². The second-order valence-corrected chi connectivity index (χ2v) is 8.50. The summed E-state index contributed by atoms with van der Waals surface area (Å²) in [5.74, 6) is 0.0577. The van der Waals surface area contributed by atoms with Gasteiger partial charge >= 0.3 is 5.97 Å². The Labute approximate surface area is 155 Å². The summed E-state index contributed by atoms with van der Waals surface area (Å²) in [7, 11) is 0. The van der Waals surface area contributed by atoms with E-state index in [1.807, 2.05) is 12.1 Å². The molecule has 3 rings (SSSR count). The predicted octanol–water partition coefficient (Wildman–Crippen LogP) is 5.46. The SMILES string of the molecule is CC(=O)c1ccc(OC(=O)c2ccc3c(c2)C(C)(C)CCC3(C)C)cc1. The van der Waals surface area contributed by atoms with Crippen LogP contribution in [0.2, 0.25) is 0 Å². The standard InChI is InChI=1S/C23H26O3/c1-15(24)16-6-9-18(10-7-16)26-21(25)17-8-11-19-20(14-17)23(4,5)13-12-22(19,2)3/h6-11,14H,12-13H2,1-5H3. The number of carbonyl (C=O) groups excluding carboxylic acids is 2. The molecule has 0 unspecified atom stereocenters. The maximum atomic E-state index is 12.6. The van der Waals surface area contributed by atoms with Gasteiger partial charge in [-0.15, -0.1) is 0 Å². The van der Waals surface area contributed by atoms with Crippen LogP contribution in [0.1, 0.15) is 79.3 Å². The minimum Gasteiger partial charge on any atom is -0.423 e. The maximum absolute atomic E-state index is 12.6. The summed E-state index contributed by atoms with van der Waals surface area (Å²) in [5.41, 5.74) is 3.87. The van der Waals surface area contributed by atoms with Gasteiger partial charge in [0, 0.05) is 5.56 Å². The highest BCUT2D eigenvalue weighted by molar-refractivity contribution is 5.94. The molecule has 0 bridgehead atoms. The lowest BCUT2D eigenvalue weighted by Crippen LogP contribution is -2.34. The third-order valence-corrected chi connectivity index (χ3v) is 5.56. The first kappa shape index (κ1) is 18.4. The van der Waals surface area contributed by atoms with Gasteiger partial charge in [-0.3, -0.25) is 4.79 Å². The van der Waals surface area contributed by atoms with E-state index in [1.165, 1.54) is 18.1 Å². The number of hydrogen-bond acceptors (Lipinski definition) is 3. The van der Waals surface area contributed by atoms with Crippen LogP contribution >= 0.6 is 0 Å². The van der Waals surface area contributed by atoms with Gasteiger partial charge in [0.1, 0.15) is 5.75 Å². The van der Waals surface area contributed by atoms with Crippen LogP contribution in [0, 0.1) is 0 Å². The molecule has 1 aliphatic rings. The van der Waals surface area contributed by atoms with E-state index in [9.17, 15) is 9.59 Å². The number of fused-ring (bicyclic) bond motifs is 1. The fourth-order valence-corrected chi connectivity index (χ4v) is 3.64. The third kappa shape index (κ3) is 3.44. The number of ether oxygens (including phenoxy) is 1. The van der Waals surface area contributed by atoms with Crippen LogP contribution in [0.15, 0.2) is 42.5 Å².